The summed E-state index contributed by atoms with van der Waals surface area (Å²) in [7, 11) is 0. The van der Waals surface area contributed by atoms with Gasteiger partial charge in [-0.2, -0.15) is 0 Å². The number of nitrogens with zero attached hydrogens (tertiary/aromatic N) is 1. The summed E-state index contributed by atoms with van der Waals surface area (Å²) in [6.45, 7) is 0.494. The molecule has 1 saturated heterocycles. The van der Waals surface area contributed by atoms with Gasteiger partial charge < -0.3 is 10.1 Å². The first-order valence-electron chi connectivity index (χ1n) is 3.81. The Morgan fingerprint density at radius 1 is 1.62 bits per heavy atom. The number of alkyl carbamates (subject to hydrolysis) is 1. The van der Waals surface area contributed by atoms with Crippen LogP contribution in [0, 0.1) is 0 Å². The minimum atomic E-state index is -0.380. The van der Waals surface area contributed by atoms with Crippen molar-refractivity contribution in [2.24, 2.45) is 0 Å². The van der Waals surface area contributed by atoms with Crippen LogP contribution in [0.4, 0.5) is 4.79 Å². The minimum Gasteiger partial charge on any atom is -0.438 e. The Bertz CT molecular complexity index is 325. The quantitative estimate of drug-likeness (QED) is 0.815. The number of ether oxygens (including phenoxy) is 1. The third-order valence-corrected chi connectivity index (χ3v) is 2.23. The Kier molecular flexibility index (Phi) is 2.18. The Morgan fingerprint density at radius 3 is 3.00 bits per heavy atom. The molecule has 1 unspecified atom stereocenters. The lowest BCUT2D eigenvalue weighted by atomic mass is 10.2. The molecule has 1 N–H and O–H groups in total. The Hall–Kier alpha value is -1.10. The molecule has 0 radical (unpaired) electrons. The van der Waals surface area contributed by atoms with Crippen molar-refractivity contribution in [2.45, 2.75) is 6.10 Å². The monoisotopic (exact) mass is 242 g/mol. The van der Waals surface area contributed by atoms with E-state index >= 15 is 0 Å². The highest BCUT2D eigenvalue weighted by molar-refractivity contribution is 9.10. The molecular formula is C8H7BrN2O2. The highest BCUT2D eigenvalue weighted by Gasteiger charge is 2.24. The zero-order valence-electron chi connectivity index (χ0n) is 6.66. The van der Waals surface area contributed by atoms with Crippen LogP contribution in [0.1, 0.15) is 11.8 Å². The number of rotatable bonds is 1. The van der Waals surface area contributed by atoms with Crippen LogP contribution in [0.3, 0.4) is 0 Å². The molecule has 0 saturated carbocycles. The van der Waals surface area contributed by atoms with Gasteiger partial charge in [0.25, 0.3) is 0 Å². The summed E-state index contributed by atoms with van der Waals surface area (Å²) in [5.74, 6) is 0. The lowest BCUT2D eigenvalue weighted by Crippen LogP contribution is -2.12. The number of cyclic esters (lactones) is 1. The van der Waals surface area contributed by atoms with Crippen molar-refractivity contribution in [2.75, 3.05) is 6.54 Å². The van der Waals surface area contributed by atoms with Crippen molar-refractivity contribution >= 4 is 22.0 Å². The zero-order chi connectivity index (χ0) is 9.26. The van der Waals surface area contributed by atoms with Crippen LogP contribution >= 0.6 is 15.9 Å². The second kappa shape index (κ2) is 3.33. The van der Waals surface area contributed by atoms with E-state index in [9.17, 15) is 4.79 Å². The van der Waals surface area contributed by atoms with Gasteiger partial charge in [0.2, 0.25) is 0 Å². The van der Waals surface area contributed by atoms with Crippen LogP contribution in [0.5, 0.6) is 0 Å². The van der Waals surface area contributed by atoms with Gasteiger partial charge in [-0.15, -0.1) is 0 Å². The molecular weight excluding hydrogens is 236 g/mol. The number of amides is 1. The maximum atomic E-state index is 10.7. The number of aromatic nitrogens is 1. The number of carbonyl (C=O) groups is 1. The summed E-state index contributed by atoms with van der Waals surface area (Å²) < 4.78 is 5.87. The van der Waals surface area contributed by atoms with E-state index in [1.807, 2.05) is 12.1 Å². The van der Waals surface area contributed by atoms with E-state index in [4.69, 9.17) is 4.74 Å². The van der Waals surface area contributed by atoms with Gasteiger partial charge in [0, 0.05) is 10.7 Å². The van der Waals surface area contributed by atoms with Crippen molar-refractivity contribution < 1.29 is 9.53 Å². The highest BCUT2D eigenvalue weighted by Crippen LogP contribution is 2.19. The summed E-state index contributed by atoms with van der Waals surface area (Å²) in [4.78, 5) is 14.9. The number of carbonyl (C=O) groups excluding carboxylic acids is 1. The third-order valence-electron chi connectivity index (χ3n) is 1.76. The van der Waals surface area contributed by atoms with Crippen LogP contribution in [0.25, 0.3) is 0 Å². The molecule has 5 heteroatoms. The van der Waals surface area contributed by atoms with Gasteiger partial charge in [-0.05, 0) is 28.1 Å². The Labute approximate surface area is 83.4 Å². The van der Waals surface area contributed by atoms with Crippen LogP contribution < -0.4 is 5.32 Å². The molecule has 1 aromatic heterocycles. The Balaban J connectivity index is 2.17. The number of hydrogen-bond donors (Lipinski definition) is 1. The summed E-state index contributed by atoms with van der Waals surface area (Å²) in [5, 5.41) is 2.57. The lowest BCUT2D eigenvalue weighted by Gasteiger charge is -2.05. The molecule has 13 heavy (non-hydrogen) atoms. The fourth-order valence-electron chi connectivity index (χ4n) is 1.13. The SMILES string of the molecule is O=C1NCC(c2ccc(Br)cn2)O1. The first-order valence-corrected chi connectivity index (χ1v) is 4.61. The summed E-state index contributed by atoms with van der Waals surface area (Å²) >= 11 is 3.28. The van der Waals surface area contributed by atoms with Gasteiger partial charge in [-0.1, -0.05) is 0 Å². The first kappa shape index (κ1) is 8.50. The highest BCUT2D eigenvalue weighted by atomic mass is 79.9. The van der Waals surface area contributed by atoms with Gasteiger partial charge in [0.05, 0.1) is 12.2 Å². The fourth-order valence-corrected chi connectivity index (χ4v) is 1.37. The largest absolute Gasteiger partial charge is 0.438 e. The molecule has 1 amide bonds. The van der Waals surface area contributed by atoms with Crippen LogP contribution in [0.15, 0.2) is 22.8 Å². The molecule has 1 fully saturated rings. The number of pyridine rings is 1. The predicted molar refractivity (Wildman–Crippen MR) is 49.2 cm³/mol. The van der Waals surface area contributed by atoms with E-state index in [-0.39, 0.29) is 12.2 Å². The normalized spacial score (nSPS) is 21.0. The molecule has 1 atom stereocenters. The minimum absolute atomic E-state index is 0.249. The van der Waals surface area contributed by atoms with E-state index in [0.29, 0.717) is 6.54 Å². The molecule has 4 nitrogen and oxygen atoms in total. The second-order valence-corrected chi connectivity index (χ2v) is 3.59. The van der Waals surface area contributed by atoms with Crippen molar-refractivity contribution in [3.8, 4) is 0 Å². The molecule has 2 heterocycles. The van der Waals surface area contributed by atoms with E-state index < -0.39 is 0 Å². The Morgan fingerprint density at radius 2 is 2.46 bits per heavy atom. The predicted octanol–water partition coefficient (Wildman–Crippen LogP) is 1.62. The summed E-state index contributed by atoms with van der Waals surface area (Å²) in [6.07, 6.45) is 1.05. The molecule has 0 spiro atoms. The number of hydrogen-bond acceptors (Lipinski definition) is 3. The van der Waals surface area contributed by atoms with Crippen LogP contribution in [-0.4, -0.2) is 17.6 Å². The summed E-state index contributed by atoms with van der Waals surface area (Å²) in [6, 6.07) is 3.70. The maximum absolute atomic E-state index is 10.7. The lowest BCUT2D eigenvalue weighted by molar-refractivity contribution is 0.139. The van der Waals surface area contributed by atoms with Gasteiger partial charge in [-0.25, -0.2) is 4.79 Å². The standard InChI is InChI=1S/C8H7BrN2O2/c9-5-1-2-6(10-3-5)7-4-11-8(12)13-7/h1-3,7H,4H2,(H,11,12). The van der Waals surface area contributed by atoms with Gasteiger partial charge in [0.1, 0.15) is 0 Å². The molecule has 0 aliphatic carbocycles. The van der Waals surface area contributed by atoms with Crippen molar-refractivity contribution in [3.63, 3.8) is 0 Å². The van der Waals surface area contributed by atoms with Crippen LogP contribution in [0.2, 0.25) is 0 Å². The molecule has 0 aromatic carbocycles. The topological polar surface area (TPSA) is 51.2 Å². The van der Waals surface area contributed by atoms with Crippen molar-refractivity contribution in [3.05, 3.63) is 28.5 Å². The van der Waals surface area contributed by atoms with Crippen molar-refractivity contribution in [1.82, 2.24) is 10.3 Å². The molecule has 0 bridgehead atoms. The van der Waals surface area contributed by atoms with Gasteiger partial charge >= 0.3 is 6.09 Å². The van der Waals surface area contributed by atoms with E-state index in [2.05, 4.69) is 26.2 Å². The molecule has 1 aromatic rings. The van der Waals surface area contributed by atoms with E-state index in [0.717, 1.165) is 10.2 Å². The molecule has 1 aliphatic heterocycles. The number of nitrogens with one attached hydrogen (secondary N) is 1. The molecule has 68 valence electrons. The zero-order valence-corrected chi connectivity index (χ0v) is 8.24. The smallest absolute Gasteiger partial charge is 0.408 e. The van der Waals surface area contributed by atoms with Crippen molar-refractivity contribution in [1.29, 1.82) is 0 Å². The number of halogens is 1. The van der Waals surface area contributed by atoms with E-state index in [1.54, 1.807) is 6.20 Å². The average Bonchev–Trinajstić information content (AvgIpc) is 2.53. The molecule has 1 aliphatic rings. The second-order valence-electron chi connectivity index (χ2n) is 2.68. The molecule has 2 rings (SSSR count). The first-order chi connectivity index (χ1) is 6.25. The average molecular weight is 243 g/mol. The van der Waals surface area contributed by atoms with E-state index in [1.165, 1.54) is 0 Å². The summed E-state index contributed by atoms with van der Waals surface area (Å²) in [5.41, 5.74) is 0.765. The maximum Gasteiger partial charge on any atom is 0.408 e. The van der Waals surface area contributed by atoms with Gasteiger partial charge in [-0.3, -0.25) is 4.98 Å². The third kappa shape index (κ3) is 1.80. The van der Waals surface area contributed by atoms with Crippen LogP contribution in [-0.2, 0) is 4.74 Å². The fraction of sp³-hybridized carbons (Fsp3) is 0.250. The van der Waals surface area contributed by atoms with Gasteiger partial charge in [0.15, 0.2) is 6.10 Å².